The molecule has 0 unspecified atom stereocenters. The highest BCUT2D eigenvalue weighted by atomic mass is 32.2. The summed E-state index contributed by atoms with van der Waals surface area (Å²) in [5.74, 6) is -0.308. The summed E-state index contributed by atoms with van der Waals surface area (Å²) >= 11 is 1.49. The van der Waals surface area contributed by atoms with Gasteiger partial charge in [-0.15, -0.1) is 11.8 Å². The second-order valence-electron chi connectivity index (χ2n) is 6.71. The van der Waals surface area contributed by atoms with Gasteiger partial charge in [0.1, 0.15) is 11.4 Å². The zero-order valence-corrected chi connectivity index (χ0v) is 19.3. The first-order valence-electron chi connectivity index (χ1n) is 10.1. The number of pyridine rings is 3. The summed E-state index contributed by atoms with van der Waals surface area (Å²) in [6, 6.07) is 14.1. The van der Waals surface area contributed by atoms with Crippen LogP contribution >= 0.6 is 11.8 Å². The molecule has 0 atom stereocenters. The monoisotopic (exact) mass is 461 g/mol. The number of carbonyl (C=O) groups is 2. The maximum atomic E-state index is 12.7. The van der Waals surface area contributed by atoms with Crippen LogP contribution in [0.25, 0.3) is 0 Å². The van der Waals surface area contributed by atoms with E-state index >= 15 is 0 Å². The van der Waals surface area contributed by atoms with Crippen LogP contribution in [0.5, 0.6) is 0 Å². The Labute approximate surface area is 195 Å². The number of thioether (sulfide) groups is 1. The van der Waals surface area contributed by atoms with Gasteiger partial charge in [0.2, 0.25) is 0 Å². The van der Waals surface area contributed by atoms with Crippen molar-refractivity contribution in [3.63, 3.8) is 0 Å². The lowest BCUT2D eigenvalue weighted by Gasteiger charge is -2.08. The third kappa shape index (κ3) is 6.78. The van der Waals surface area contributed by atoms with E-state index in [-0.39, 0.29) is 11.4 Å². The van der Waals surface area contributed by atoms with Gasteiger partial charge >= 0.3 is 0 Å². The number of hydrogen-bond donors (Lipinski definition) is 2. The van der Waals surface area contributed by atoms with Crippen LogP contribution in [0.3, 0.4) is 0 Å². The van der Waals surface area contributed by atoms with Crippen molar-refractivity contribution in [1.29, 1.82) is 0 Å². The fourth-order valence-corrected chi connectivity index (χ4v) is 3.36. The number of amides is 2. The van der Waals surface area contributed by atoms with Crippen molar-refractivity contribution in [2.45, 2.75) is 25.7 Å². The van der Waals surface area contributed by atoms with Crippen molar-refractivity contribution in [1.82, 2.24) is 25.8 Å². The van der Waals surface area contributed by atoms with Crippen molar-refractivity contribution in [3.05, 3.63) is 83.7 Å². The van der Waals surface area contributed by atoms with Crippen molar-refractivity contribution in [3.8, 4) is 0 Å². The third-order valence-corrected chi connectivity index (χ3v) is 5.15. The van der Waals surface area contributed by atoms with Gasteiger partial charge in [0.05, 0.1) is 22.8 Å². The molecule has 3 aromatic heterocycles. The van der Waals surface area contributed by atoms with Gasteiger partial charge in [0.25, 0.3) is 11.8 Å². The molecular weight excluding hydrogens is 438 g/mol. The van der Waals surface area contributed by atoms with E-state index < -0.39 is 11.8 Å². The zero-order chi connectivity index (χ0) is 23.6. The van der Waals surface area contributed by atoms with Crippen molar-refractivity contribution >= 4 is 35.0 Å². The minimum atomic E-state index is -0.536. The molecule has 0 aliphatic heterocycles. The number of carbonyl (C=O) groups excluding carboxylic acids is 2. The lowest BCUT2D eigenvalue weighted by atomic mass is 10.2. The van der Waals surface area contributed by atoms with Crippen LogP contribution in [0.1, 0.15) is 53.1 Å². The molecule has 2 amide bonds. The largest absolute Gasteiger partial charge is 0.290 e. The lowest BCUT2D eigenvalue weighted by Crippen LogP contribution is -2.25. The number of hydrogen-bond acceptors (Lipinski definition) is 8. The molecule has 0 aliphatic rings. The second-order valence-corrected chi connectivity index (χ2v) is 8.05. The number of rotatable bonds is 8. The summed E-state index contributed by atoms with van der Waals surface area (Å²) < 4.78 is 0. The van der Waals surface area contributed by atoms with Gasteiger partial charge in [0, 0.05) is 17.3 Å². The van der Waals surface area contributed by atoms with E-state index in [2.05, 4.69) is 36.0 Å². The standard InChI is InChI=1S/C23H23N7O2S/c1-4-33-17-13-20(22(31)29-27-15(2)18-9-5-7-11-24-18)26-21(14-17)23(32)30-28-16(3)19-10-6-8-12-25-19/h5-14H,4H2,1-3H3,(H,29,31)(H,30,32)/b27-15+,28-16+. The van der Waals surface area contributed by atoms with Crippen LogP contribution < -0.4 is 10.9 Å². The van der Waals surface area contributed by atoms with Crippen LogP contribution in [0.15, 0.2) is 76.0 Å². The van der Waals surface area contributed by atoms with Crippen LogP contribution in [-0.2, 0) is 0 Å². The van der Waals surface area contributed by atoms with E-state index in [1.807, 2.05) is 19.1 Å². The molecule has 3 aromatic rings. The Kier molecular flexibility index (Phi) is 8.36. The van der Waals surface area contributed by atoms with Gasteiger partial charge in [-0.05, 0) is 56.0 Å². The molecule has 0 aromatic carbocycles. The van der Waals surface area contributed by atoms with E-state index in [9.17, 15) is 9.59 Å². The molecule has 0 radical (unpaired) electrons. The number of nitrogens with zero attached hydrogens (tertiary/aromatic N) is 5. The Morgan fingerprint density at radius 3 is 1.70 bits per heavy atom. The Morgan fingerprint density at radius 1 is 0.818 bits per heavy atom. The van der Waals surface area contributed by atoms with Gasteiger partial charge in [-0.1, -0.05) is 19.1 Å². The van der Waals surface area contributed by atoms with E-state index in [0.717, 1.165) is 10.6 Å². The predicted octanol–water partition coefficient (Wildman–Crippen LogP) is 3.29. The van der Waals surface area contributed by atoms with E-state index in [1.54, 1.807) is 62.6 Å². The van der Waals surface area contributed by atoms with Crippen LogP contribution in [-0.4, -0.2) is 43.9 Å². The fraction of sp³-hybridized carbons (Fsp3) is 0.174. The molecule has 0 bridgehead atoms. The molecule has 2 N–H and O–H groups in total. The first-order valence-corrected chi connectivity index (χ1v) is 11.1. The fourth-order valence-electron chi connectivity index (χ4n) is 2.64. The summed E-state index contributed by atoms with van der Waals surface area (Å²) in [4.78, 5) is 38.7. The minimum absolute atomic E-state index is 0.0709. The second kappa shape index (κ2) is 11.6. The van der Waals surface area contributed by atoms with Crippen LogP contribution in [0.2, 0.25) is 0 Å². The summed E-state index contributed by atoms with van der Waals surface area (Å²) in [5, 5.41) is 8.18. The van der Waals surface area contributed by atoms with Gasteiger partial charge in [-0.2, -0.15) is 10.2 Å². The van der Waals surface area contributed by atoms with Gasteiger partial charge in [-0.3, -0.25) is 19.6 Å². The minimum Gasteiger partial charge on any atom is -0.266 e. The first-order chi connectivity index (χ1) is 16.0. The molecular formula is C23H23N7O2S. The van der Waals surface area contributed by atoms with Crippen molar-refractivity contribution in [2.75, 3.05) is 5.75 Å². The van der Waals surface area contributed by atoms with Crippen LogP contribution in [0.4, 0.5) is 0 Å². The molecule has 0 spiro atoms. The Hall–Kier alpha value is -3.92. The smallest absolute Gasteiger partial charge is 0.266 e. The number of aromatic nitrogens is 3. The SMILES string of the molecule is CCSc1cc(C(=O)N/N=C(\C)c2ccccn2)nc(C(=O)N/N=C(\C)c2ccccn2)c1. The van der Waals surface area contributed by atoms with E-state index in [0.29, 0.717) is 22.8 Å². The molecule has 10 heteroatoms. The highest BCUT2D eigenvalue weighted by Crippen LogP contribution is 2.19. The Balaban J connectivity index is 1.78. The van der Waals surface area contributed by atoms with E-state index in [1.165, 1.54) is 11.8 Å². The molecule has 0 fully saturated rings. The van der Waals surface area contributed by atoms with E-state index in [4.69, 9.17) is 0 Å². The van der Waals surface area contributed by atoms with Gasteiger partial charge in [0.15, 0.2) is 0 Å². The predicted molar refractivity (Wildman–Crippen MR) is 128 cm³/mol. The highest BCUT2D eigenvalue weighted by molar-refractivity contribution is 7.99. The number of hydrazone groups is 2. The summed E-state index contributed by atoms with van der Waals surface area (Å²) in [6.07, 6.45) is 3.29. The maximum absolute atomic E-state index is 12.7. The van der Waals surface area contributed by atoms with Crippen molar-refractivity contribution in [2.24, 2.45) is 10.2 Å². The van der Waals surface area contributed by atoms with Gasteiger partial charge < -0.3 is 0 Å². The van der Waals surface area contributed by atoms with Gasteiger partial charge in [-0.25, -0.2) is 15.8 Å². The molecule has 0 saturated heterocycles. The molecule has 0 aliphatic carbocycles. The molecule has 168 valence electrons. The Morgan fingerprint density at radius 2 is 1.30 bits per heavy atom. The normalized spacial score (nSPS) is 11.7. The Bertz CT molecular complexity index is 1090. The molecule has 3 heterocycles. The topological polar surface area (TPSA) is 122 Å². The molecule has 3 rings (SSSR count). The quantitative estimate of drug-likeness (QED) is 0.302. The van der Waals surface area contributed by atoms with Crippen LogP contribution in [0, 0.1) is 0 Å². The average Bonchev–Trinajstić information content (AvgIpc) is 2.86. The first kappa shape index (κ1) is 23.7. The highest BCUT2D eigenvalue weighted by Gasteiger charge is 2.15. The summed E-state index contributed by atoms with van der Waals surface area (Å²) in [7, 11) is 0. The summed E-state index contributed by atoms with van der Waals surface area (Å²) in [5.41, 5.74) is 7.46. The third-order valence-electron chi connectivity index (χ3n) is 4.30. The molecule has 33 heavy (non-hydrogen) atoms. The summed E-state index contributed by atoms with van der Waals surface area (Å²) in [6.45, 7) is 5.45. The molecule has 9 nitrogen and oxygen atoms in total. The zero-order valence-electron chi connectivity index (χ0n) is 18.4. The average molecular weight is 462 g/mol. The maximum Gasteiger partial charge on any atom is 0.290 e. The van der Waals surface area contributed by atoms with Crippen molar-refractivity contribution < 1.29 is 9.59 Å². The molecule has 0 saturated carbocycles. The number of nitrogens with one attached hydrogen (secondary N) is 2. The lowest BCUT2D eigenvalue weighted by molar-refractivity contribution is 0.0945.